The first-order valence-corrected chi connectivity index (χ1v) is 9.09. The lowest BCUT2D eigenvalue weighted by atomic mass is 10.1. The maximum Gasteiger partial charge on any atom is 0.407 e. The Morgan fingerprint density at radius 1 is 1.12 bits per heavy atom. The molecule has 1 aromatic carbocycles. The van der Waals surface area contributed by atoms with Crippen LogP contribution in [0.5, 0.6) is 0 Å². The van der Waals surface area contributed by atoms with Crippen LogP contribution < -0.4 is 0 Å². The highest BCUT2D eigenvalue weighted by molar-refractivity contribution is 6.44. The minimum absolute atomic E-state index is 0.0474. The maximum absolute atomic E-state index is 13.6. The second-order valence-electron chi connectivity index (χ2n) is 6.54. The zero-order valence-electron chi connectivity index (χ0n) is 13.6. The van der Waals surface area contributed by atoms with Crippen LogP contribution in [0.15, 0.2) is 12.1 Å². The second kappa shape index (κ2) is 7.38. The minimum Gasteiger partial charge on any atom is -0.465 e. The van der Waals surface area contributed by atoms with Crippen molar-refractivity contribution >= 4 is 35.2 Å². The molecule has 1 aromatic rings. The van der Waals surface area contributed by atoms with E-state index in [0.717, 1.165) is 31.7 Å². The molecule has 0 bridgehead atoms. The Bertz CT molecular complexity index is 695. The van der Waals surface area contributed by atoms with Crippen LogP contribution in [-0.4, -0.2) is 52.1 Å². The smallest absolute Gasteiger partial charge is 0.407 e. The molecule has 8 heteroatoms. The third-order valence-corrected chi connectivity index (χ3v) is 5.90. The summed E-state index contributed by atoms with van der Waals surface area (Å²) in [7, 11) is 0. The zero-order valence-corrected chi connectivity index (χ0v) is 15.1. The summed E-state index contributed by atoms with van der Waals surface area (Å²) >= 11 is 12.0. The van der Waals surface area contributed by atoms with Crippen LogP contribution in [0.2, 0.25) is 10.0 Å². The Morgan fingerprint density at radius 3 is 2.40 bits per heavy atom. The molecule has 2 fully saturated rings. The molecule has 1 saturated carbocycles. The van der Waals surface area contributed by atoms with Crippen LogP contribution in [-0.2, 0) is 0 Å². The van der Waals surface area contributed by atoms with Crippen molar-refractivity contribution in [3.05, 3.63) is 33.6 Å². The standard InChI is InChI=1S/C17H19Cl2FN2O3/c18-14-12(5-6-13(20)15(14)19)16(23)22(10-3-1-2-4-10)11-7-8-21(9-11)17(24)25/h5-6,10-11H,1-4,7-9H2,(H,24,25)/t11-/m0/s1. The number of carboxylic acid groups (broad SMARTS) is 1. The van der Waals surface area contributed by atoms with E-state index in [1.54, 1.807) is 4.90 Å². The van der Waals surface area contributed by atoms with E-state index >= 15 is 0 Å². The van der Waals surface area contributed by atoms with Gasteiger partial charge in [-0.15, -0.1) is 0 Å². The van der Waals surface area contributed by atoms with E-state index in [1.807, 2.05) is 0 Å². The number of hydrogen-bond donors (Lipinski definition) is 1. The summed E-state index contributed by atoms with van der Waals surface area (Å²) in [5, 5.41) is 8.83. The van der Waals surface area contributed by atoms with Gasteiger partial charge in [-0.2, -0.15) is 0 Å². The lowest BCUT2D eigenvalue weighted by Crippen LogP contribution is -2.48. The van der Waals surface area contributed by atoms with E-state index in [1.165, 1.54) is 11.0 Å². The van der Waals surface area contributed by atoms with Crippen molar-refractivity contribution < 1.29 is 19.1 Å². The second-order valence-corrected chi connectivity index (χ2v) is 7.30. The van der Waals surface area contributed by atoms with Crippen LogP contribution in [0.1, 0.15) is 42.5 Å². The van der Waals surface area contributed by atoms with Gasteiger partial charge in [0.05, 0.1) is 21.7 Å². The maximum atomic E-state index is 13.6. The lowest BCUT2D eigenvalue weighted by molar-refractivity contribution is 0.0579. The van der Waals surface area contributed by atoms with Gasteiger partial charge in [-0.05, 0) is 31.4 Å². The summed E-state index contributed by atoms with van der Waals surface area (Å²) in [6.45, 7) is 0.679. The Morgan fingerprint density at radius 2 is 1.80 bits per heavy atom. The summed E-state index contributed by atoms with van der Waals surface area (Å²) in [6.07, 6.45) is 3.41. The number of benzene rings is 1. The van der Waals surface area contributed by atoms with Crippen molar-refractivity contribution in [1.29, 1.82) is 0 Å². The van der Waals surface area contributed by atoms with E-state index in [4.69, 9.17) is 23.2 Å². The Balaban J connectivity index is 1.91. The average Bonchev–Trinajstić information content (AvgIpc) is 3.25. The quantitative estimate of drug-likeness (QED) is 0.786. The first kappa shape index (κ1) is 18.3. The molecule has 0 unspecified atom stereocenters. The highest BCUT2D eigenvalue weighted by Gasteiger charge is 2.38. The van der Waals surface area contributed by atoms with E-state index < -0.39 is 11.9 Å². The van der Waals surface area contributed by atoms with Crippen molar-refractivity contribution in [1.82, 2.24) is 9.80 Å². The number of amides is 2. The third-order valence-electron chi connectivity index (χ3n) is 5.05. The fourth-order valence-electron chi connectivity index (χ4n) is 3.78. The molecule has 0 aromatic heterocycles. The monoisotopic (exact) mass is 388 g/mol. The highest BCUT2D eigenvalue weighted by Crippen LogP contribution is 2.34. The summed E-state index contributed by atoms with van der Waals surface area (Å²) < 4.78 is 13.6. The molecule has 5 nitrogen and oxygen atoms in total. The predicted molar refractivity (Wildman–Crippen MR) is 92.8 cm³/mol. The third kappa shape index (κ3) is 3.55. The van der Waals surface area contributed by atoms with Gasteiger partial charge in [-0.1, -0.05) is 36.0 Å². The van der Waals surface area contributed by atoms with Crippen LogP contribution in [0.3, 0.4) is 0 Å². The number of likely N-dealkylation sites (tertiary alicyclic amines) is 1. The van der Waals surface area contributed by atoms with Crippen LogP contribution >= 0.6 is 23.2 Å². The highest BCUT2D eigenvalue weighted by atomic mass is 35.5. The normalized spacial score (nSPS) is 20.9. The number of carbonyl (C=O) groups is 2. The largest absolute Gasteiger partial charge is 0.465 e. The molecule has 1 aliphatic carbocycles. The summed E-state index contributed by atoms with van der Waals surface area (Å²) in [5.41, 5.74) is 0.161. The van der Waals surface area contributed by atoms with Gasteiger partial charge in [-0.25, -0.2) is 9.18 Å². The van der Waals surface area contributed by atoms with Gasteiger partial charge in [0.2, 0.25) is 0 Å². The first-order valence-electron chi connectivity index (χ1n) is 8.34. The van der Waals surface area contributed by atoms with E-state index in [2.05, 4.69) is 0 Å². The SMILES string of the molecule is O=C(O)N1CC[C@H](N(C(=O)c2ccc(F)c(Cl)c2Cl)C2CCCC2)C1. The van der Waals surface area contributed by atoms with Crippen LogP contribution in [0, 0.1) is 5.82 Å². The number of halogens is 3. The van der Waals surface area contributed by atoms with E-state index in [-0.39, 0.29) is 40.1 Å². The van der Waals surface area contributed by atoms with Crippen LogP contribution in [0.4, 0.5) is 9.18 Å². The average molecular weight is 389 g/mol. The van der Waals surface area contributed by atoms with Crippen molar-refractivity contribution in [3.63, 3.8) is 0 Å². The molecular weight excluding hydrogens is 370 g/mol. The van der Waals surface area contributed by atoms with Gasteiger partial charge in [0.25, 0.3) is 5.91 Å². The molecular formula is C17H19Cl2FN2O3. The fourth-order valence-corrected chi connectivity index (χ4v) is 4.18. The molecule has 1 atom stereocenters. The first-order chi connectivity index (χ1) is 11.9. The van der Waals surface area contributed by atoms with Gasteiger partial charge in [0.15, 0.2) is 0 Å². The van der Waals surface area contributed by atoms with Crippen molar-refractivity contribution in [2.75, 3.05) is 13.1 Å². The number of nitrogens with zero attached hydrogens (tertiary/aromatic N) is 2. The Hall–Kier alpha value is -1.53. The Labute approximate surface area is 155 Å². The van der Waals surface area contributed by atoms with Gasteiger partial charge in [0.1, 0.15) is 5.82 Å². The molecule has 1 N–H and O–H groups in total. The molecule has 0 spiro atoms. The molecule has 2 amide bonds. The minimum atomic E-state index is -0.982. The van der Waals surface area contributed by atoms with E-state index in [9.17, 15) is 19.1 Å². The number of hydrogen-bond acceptors (Lipinski definition) is 2. The molecule has 1 saturated heterocycles. The zero-order chi connectivity index (χ0) is 18.1. The van der Waals surface area contributed by atoms with Crippen molar-refractivity contribution in [2.24, 2.45) is 0 Å². The van der Waals surface area contributed by atoms with Crippen molar-refractivity contribution in [3.8, 4) is 0 Å². The topological polar surface area (TPSA) is 60.9 Å². The lowest BCUT2D eigenvalue weighted by Gasteiger charge is -2.35. The number of rotatable bonds is 3. The van der Waals surface area contributed by atoms with Gasteiger partial charge >= 0.3 is 6.09 Å². The summed E-state index contributed by atoms with van der Waals surface area (Å²) in [6, 6.07) is 2.32. The molecule has 136 valence electrons. The Kier molecular flexibility index (Phi) is 5.39. The van der Waals surface area contributed by atoms with Gasteiger partial charge in [-0.3, -0.25) is 4.79 Å². The van der Waals surface area contributed by atoms with Gasteiger partial charge < -0.3 is 14.9 Å². The molecule has 2 aliphatic rings. The predicted octanol–water partition coefficient (Wildman–Crippen LogP) is 4.27. The van der Waals surface area contributed by atoms with Crippen molar-refractivity contribution in [2.45, 2.75) is 44.2 Å². The molecule has 0 radical (unpaired) electrons. The van der Waals surface area contributed by atoms with Gasteiger partial charge in [0, 0.05) is 19.1 Å². The summed E-state index contributed by atoms with van der Waals surface area (Å²) in [5.74, 6) is -0.982. The molecule has 1 heterocycles. The fraction of sp³-hybridized carbons (Fsp3) is 0.529. The molecule has 3 rings (SSSR count). The molecule has 25 heavy (non-hydrogen) atoms. The van der Waals surface area contributed by atoms with E-state index in [0.29, 0.717) is 13.0 Å². The van der Waals surface area contributed by atoms with Crippen LogP contribution in [0.25, 0.3) is 0 Å². The number of carbonyl (C=O) groups excluding carboxylic acids is 1. The summed E-state index contributed by atoms with van der Waals surface area (Å²) in [4.78, 5) is 27.5. The molecule has 1 aliphatic heterocycles.